The molecule has 0 rings (SSSR count). The van der Waals surface area contributed by atoms with E-state index in [4.69, 9.17) is 9.84 Å². The number of hydrogen-bond acceptors (Lipinski definition) is 4. The van der Waals surface area contributed by atoms with Crippen LogP contribution in [0.15, 0.2) is 0 Å². The standard InChI is InChI=1S/C15H33NO3/c1-12(2)8-13(3)19-10-14(18)9-16-11-15(4,5)6-7-17/h12-14,16-18H,6-11H2,1-5H3. The van der Waals surface area contributed by atoms with Crippen molar-refractivity contribution in [2.24, 2.45) is 11.3 Å². The highest BCUT2D eigenvalue weighted by Gasteiger charge is 2.17. The smallest absolute Gasteiger partial charge is 0.0897 e. The molecule has 0 saturated heterocycles. The zero-order valence-corrected chi connectivity index (χ0v) is 13.3. The molecule has 0 amide bonds. The van der Waals surface area contributed by atoms with Crippen LogP contribution in [0.3, 0.4) is 0 Å². The van der Waals surface area contributed by atoms with Gasteiger partial charge in [-0.05, 0) is 31.1 Å². The first-order valence-corrected chi connectivity index (χ1v) is 7.38. The van der Waals surface area contributed by atoms with Gasteiger partial charge < -0.3 is 20.3 Å². The third kappa shape index (κ3) is 11.4. The molecule has 19 heavy (non-hydrogen) atoms. The van der Waals surface area contributed by atoms with Crippen molar-refractivity contribution >= 4 is 0 Å². The summed E-state index contributed by atoms with van der Waals surface area (Å²) in [6.07, 6.45) is 1.50. The Bertz CT molecular complexity index is 219. The molecule has 0 aliphatic rings. The van der Waals surface area contributed by atoms with Crippen LogP contribution in [0.4, 0.5) is 0 Å². The summed E-state index contributed by atoms with van der Waals surface area (Å²) < 4.78 is 5.61. The molecule has 0 saturated carbocycles. The molecule has 0 spiro atoms. The molecule has 0 heterocycles. The van der Waals surface area contributed by atoms with Crippen LogP contribution in [0, 0.1) is 11.3 Å². The van der Waals surface area contributed by atoms with Crippen molar-refractivity contribution in [1.82, 2.24) is 5.32 Å². The van der Waals surface area contributed by atoms with E-state index in [1.807, 2.05) is 6.92 Å². The van der Waals surface area contributed by atoms with Crippen molar-refractivity contribution in [3.8, 4) is 0 Å². The summed E-state index contributed by atoms with van der Waals surface area (Å²) in [4.78, 5) is 0. The van der Waals surface area contributed by atoms with Gasteiger partial charge in [0.25, 0.3) is 0 Å². The first-order valence-electron chi connectivity index (χ1n) is 7.38. The minimum absolute atomic E-state index is 0.0558. The predicted octanol–water partition coefficient (Wildman–Crippen LogP) is 1.80. The molecule has 0 aromatic rings. The summed E-state index contributed by atoms with van der Waals surface area (Å²) in [5.41, 5.74) is 0.0558. The molecular formula is C15H33NO3. The van der Waals surface area contributed by atoms with E-state index in [9.17, 15) is 5.11 Å². The first-order chi connectivity index (χ1) is 8.76. The van der Waals surface area contributed by atoms with Gasteiger partial charge in [0.05, 0.1) is 18.8 Å². The Balaban J connectivity index is 3.67. The van der Waals surface area contributed by atoms with E-state index in [-0.39, 0.29) is 18.1 Å². The van der Waals surface area contributed by atoms with Crippen molar-refractivity contribution in [2.75, 3.05) is 26.3 Å². The van der Waals surface area contributed by atoms with Crippen LogP contribution in [-0.4, -0.2) is 48.7 Å². The Morgan fingerprint density at radius 3 is 2.37 bits per heavy atom. The van der Waals surface area contributed by atoms with Crippen LogP contribution >= 0.6 is 0 Å². The molecule has 2 unspecified atom stereocenters. The molecule has 4 nitrogen and oxygen atoms in total. The molecular weight excluding hydrogens is 242 g/mol. The molecule has 3 N–H and O–H groups in total. The number of ether oxygens (including phenoxy) is 1. The van der Waals surface area contributed by atoms with E-state index in [1.54, 1.807) is 0 Å². The van der Waals surface area contributed by atoms with E-state index in [0.717, 1.165) is 19.4 Å². The van der Waals surface area contributed by atoms with Gasteiger partial charge in [-0.15, -0.1) is 0 Å². The lowest BCUT2D eigenvalue weighted by Gasteiger charge is -2.25. The predicted molar refractivity (Wildman–Crippen MR) is 79.2 cm³/mol. The van der Waals surface area contributed by atoms with E-state index < -0.39 is 6.10 Å². The maximum Gasteiger partial charge on any atom is 0.0897 e. The molecule has 0 aliphatic heterocycles. The summed E-state index contributed by atoms with van der Waals surface area (Å²) in [6, 6.07) is 0. The first kappa shape index (κ1) is 18.8. The lowest BCUT2D eigenvalue weighted by atomic mass is 9.90. The number of aliphatic hydroxyl groups is 2. The number of rotatable bonds is 11. The van der Waals surface area contributed by atoms with Crippen LogP contribution in [0.25, 0.3) is 0 Å². The third-order valence-electron chi connectivity index (χ3n) is 3.15. The Kier molecular flexibility index (Phi) is 9.62. The summed E-state index contributed by atoms with van der Waals surface area (Å²) in [7, 11) is 0. The van der Waals surface area contributed by atoms with Gasteiger partial charge in [0.2, 0.25) is 0 Å². The van der Waals surface area contributed by atoms with Crippen LogP contribution in [0.2, 0.25) is 0 Å². The van der Waals surface area contributed by atoms with Crippen LogP contribution in [0.5, 0.6) is 0 Å². The largest absolute Gasteiger partial charge is 0.396 e. The average Bonchev–Trinajstić information content (AvgIpc) is 2.25. The summed E-state index contributed by atoms with van der Waals surface area (Å²) in [6.45, 7) is 12.5. The molecule has 116 valence electrons. The van der Waals surface area contributed by atoms with Crippen LogP contribution in [-0.2, 0) is 4.74 Å². The molecule has 0 bridgehead atoms. The fourth-order valence-corrected chi connectivity index (χ4v) is 2.03. The Morgan fingerprint density at radius 2 is 1.84 bits per heavy atom. The van der Waals surface area contributed by atoms with Crippen LogP contribution < -0.4 is 5.32 Å². The van der Waals surface area contributed by atoms with Crippen molar-refractivity contribution in [3.63, 3.8) is 0 Å². The van der Waals surface area contributed by atoms with Crippen molar-refractivity contribution in [3.05, 3.63) is 0 Å². The highest BCUT2D eigenvalue weighted by Crippen LogP contribution is 2.17. The SMILES string of the molecule is CC(C)CC(C)OCC(O)CNCC(C)(C)CCO. The van der Waals surface area contributed by atoms with E-state index >= 15 is 0 Å². The molecule has 0 aromatic carbocycles. The molecule has 0 fully saturated rings. The molecule has 0 aromatic heterocycles. The molecule has 2 atom stereocenters. The monoisotopic (exact) mass is 275 g/mol. The Morgan fingerprint density at radius 1 is 1.21 bits per heavy atom. The second-order valence-corrected chi connectivity index (χ2v) is 6.70. The van der Waals surface area contributed by atoms with E-state index in [2.05, 4.69) is 33.0 Å². The maximum absolute atomic E-state index is 9.82. The van der Waals surface area contributed by atoms with Gasteiger partial charge in [0.1, 0.15) is 0 Å². The minimum atomic E-state index is -0.473. The quantitative estimate of drug-likeness (QED) is 0.538. The zero-order valence-electron chi connectivity index (χ0n) is 13.3. The highest BCUT2D eigenvalue weighted by molar-refractivity contribution is 4.72. The highest BCUT2D eigenvalue weighted by atomic mass is 16.5. The summed E-state index contributed by atoms with van der Waals surface area (Å²) >= 11 is 0. The number of aliphatic hydroxyl groups excluding tert-OH is 2. The fraction of sp³-hybridized carbons (Fsp3) is 1.00. The molecule has 0 aliphatic carbocycles. The van der Waals surface area contributed by atoms with Gasteiger partial charge in [-0.3, -0.25) is 0 Å². The van der Waals surface area contributed by atoms with Crippen molar-refractivity contribution in [2.45, 2.75) is 59.7 Å². The van der Waals surface area contributed by atoms with E-state index in [1.165, 1.54) is 0 Å². The Labute approximate surface area is 118 Å². The van der Waals surface area contributed by atoms with E-state index in [0.29, 0.717) is 19.1 Å². The number of hydrogen-bond donors (Lipinski definition) is 3. The van der Waals surface area contributed by atoms with Gasteiger partial charge in [-0.2, -0.15) is 0 Å². The second kappa shape index (κ2) is 9.70. The maximum atomic E-state index is 9.82. The lowest BCUT2D eigenvalue weighted by Crippen LogP contribution is -2.37. The van der Waals surface area contributed by atoms with Gasteiger partial charge in [0.15, 0.2) is 0 Å². The Hall–Kier alpha value is -0.160. The fourth-order valence-electron chi connectivity index (χ4n) is 2.03. The molecule has 4 heteroatoms. The third-order valence-corrected chi connectivity index (χ3v) is 3.15. The summed E-state index contributed by atoms with van der Waals surface area (Å²) in [5.74, 6) is 0.615. The van der Waals surface area contributed by atoms with Gasteiger partial charge in [0, 0.05) is 19.7 Å². The lowest BCUT2D eigenvalue weighted by molar-refractivity contribution is -0.00916. The number of nitrogens with one attached hydrogen (secondary N) is 1. The summed E-state index contributed by atoms with van der Waals surface area (Å²) in [5, 5.41) is 22.0. The normalized spacial score (nSPS) is 15.8. The molecule has 0 radical (unpaired) electrons. The van der Waals surface area contributed by atoms with Crippen molar-refractivity contribution in [1.29, 1.82) is 0 Å². The van der Waals surface area contributed by atoms with Crippen LogP contribution in [0.1, 0.15) is 47.5 Å². The topological polar surface area (TPSA) is 61.7 Å². The minimum Gasteiger partial charge on any atom is -0.396 e. The van der Waals surface area contributed by atoms with Gasteiger partial charge in [-0.25, -0.2) is 0 Å². The van der Waals surface area contributed by atoms with Crippen molar-refractivity contribution < 1.29 is 14.9 Å². The second-order valence-electron chi connectivity index (χ2n) is 6.70. The average molecular weight is 275 g/mol. The van der Waals surface area contributed by atoms with Gasteiger partial charge in [-0.1, -0.05) is 27.7 Å². The van der Waals surface area contributed by atoms with Gasteiger partial charge >= 0.3 is 0 Å². The zero-order chi connectivity index (χ0) is 14.9.